The lowest BCUT2D eigenvalue weighted by atomic mass is 9.72. The molecule has 0 spiro atoms. The summed E-state index contributed by atoms with van der Waals surface area (Å²) in [6.07, 6.45) is 15.0. The van der Waals surface area contributed by atoms with E-state index >= 15 is 0 Å². The SMILES string of the molecule is [CH2]C(C1CCCCC1)C(OCCOCCCN)C1CCCCC1. The van der Waals surface area contributed by atoms with E-state index < -0.39 is 0 Å². The highest BCUT2D eigenvalue weighted by atomic mass is 16.5. The van der Waals surface area contributed by atoms with E-state index in [9.17, 15) is 0 Å². The molecule has 2 rings (SSSR count). The number of ether oxygens (including phenoxy) is 2. The quantitative estimate of drug-likeness (QED) is 0.608. The Kier molecular flexibility index (Phi) is 9.55. The van der Waals surface area contributed by atoms with Crippen LogP contribution in [0.2, 0.25) is 0 Å². The molecule has 2 N–H and O–H groups in total. The van der Waals surface area contributed by atoms with Crippen LogP contribution in [0.15, 0.2) is 0 Å². The topological polar surface area (TPSA) is 44.5 Å². The van der Waals surface area contributed by atoms with Crippen LogP contribution in [0.25, 0.3) is 0 Å². The Bertz CT molecular complexity index is 285. The second kappa shape index (κ2) is 11.4. The van der Waals surface area contributed by atoms with E-state index in [1.165, 1.54) is 64.2 Å². The third-order valence-electron chi connectivity index (χ3n) is 5.82. The zero-order chi connectivity index (χ0) is 16.3. The molecule has 0 aliphatic heterocycles. The Balaban J connectivity index is 1.80. The van der Waals surface area contributed by atoms with Crippen molar-refractivity contribution in [2.75, 3.05) is 26.4 Å². The van der Waals surface area contributed by atoms with Crippen molar-refractivity contribution in [3.05, 3.63) is 6.92 Å². The molecule has 0 amide bonds. The minimum Gasteiger partial charge on any atom is -0.379 e. The highest BCUT2D eigenvalue weighted by molar-refractivity contribution is 4.87. The monoisotopic (exact) mass is 324 g/mol. The summed E-state index contributed by atoms with van der Waals surface area (Å²) in [5.41, 5.74) is 5.49. The second-order valence-electron chi connectivity index (χ2n) is 7.55. The summed E-state index contributed by atoms with van der Waals surface area (Å²) in [4.78, 5) is 0. The maximum Gasteiger partial charge on any atom is 0.0704 e. The molecule has 2 atom stereocenters. The zero-order valence-electron chi connectivity index (χ0n) is 15.0. The number of rotatable bonds is 10. The van der Waals surface area contributed by atoms with Crippen molar-refractivity contribution < 1.29 is 9.47 Å². The van der Waals surface area contributed by atoms with Crippen LogP contribution < -0.4 is 5.73 Å². The van der Waals surface area contributed by atoms with E-state index in [1.807, 2.05) is 0 Å². The van der Waals surface area contributed by atoms with Crippen molar-refractivity contribution in [3.8, 4) is 0 Å². The second-order valence-corrected chi connectivity index (χ2v) is 7.55. The van der Waals surface area contributed by atoms with E-state index in [1.54, 1.807) is 0 Å². The van der Waals surface area contributed by atoms with Crippen molar-refractivity contribution in [2.24, 2.45) is 23.5 Å². The highest BCUT2D eigenvalue weighted by Gasteiger charge is 2.33. The van der Waals surface area contributed by atoms with Crippen molar-refractivity contribution in [1.82, 2.24) is 0 Å². The lowest BCUT2D eigenvalue weighted by Crippen LogP contribution is -2.37. The molecule has 135 valence electrons. The van der Waals surface area contributed by atoms with Crippen LogP contribution in [0.5, 0.6) is 0 Å². The summed E-state index contributed by atoms with van der Waals surface area (Å²) in [7, 11) is 0. The standard InChI is InChI=1S/C20H38NO2/c1-17(18-9-4-2-5-10-18)20(19-11-6-3-7-12-19)23-16-15-22-14-8-13-21/h17-20H,1-16,21H2. The van der Waals surface area contributed by atoms with Crippen LogP contribution in [-0.4, -0.2) is 32.5 Å². The van der Waals surface area contributed by atoms with Gasteiger partial charge in [-0.2, -0.15) is 0 Å². The molecule has 0 bridgehead atoms. The summed E-state index contributed by atoms with van der Waals surface area (Å²) in [5, 5.41) is 0. The first-order chi connectivity index (χ1) is 11.3. The van der Waals surface area contributed by atoms with Gasteiger partial charge in [0.05, 0.1) is 19.3 Å². The molecule has 0 aromatic heterocycles. The summed E-state index contributed by atoms with van der Waals surface area (Å²) >= 11 is 0. The van der Waals surface area contributed by atoms with Gasteiger partial charge in [0, 0.05) is 6.61 Å². The summed E-state index contributed by atoms with van der Waals surface area (Å²) in [5.74, 6) is 1.95. The van der Waals surface area contributed by atoms with Gasteiger partial charge in [-0.15, -0.1) is 0 Å². The molecule has 2 fully saturated rings. The zero-order valence-corrected chi connectivity index (χ0v) is 15.0. The van der Waals surface area contributed by atoms with Gasteiger partial charge in [0.15, 0.2) is 0 Å². The Labute approximate surface area is 143 Å². The van der Waals surface area contributed by atoms with Crippen LogP contribution in [0.1, 0.15) is 70.6 Å². The number of hydrogen-bond acceptors (Lipinski definition) is 3. The molecule has 0 aromatic carbocycles. The first kappa shape index (κ1) is 19.2. The van der Waals surface area contributed by atoms with Gasteiger partial charge in [-0.3, -0.25) is 0 Å². The van der Waals surface area contributed by atoms with Gasteiger partial charge in [-0.25, -0.2) is 0 Å². The van der Waals surface area contributed by atoms with Gasteiger partial charge < -0.3 is 15.2 Å². The average Bonchev–Trinajstić information content (AvgIpc) is 2.62. The van der Waals surface area contributed by atoms with Crippen molar-refractivity contribution in [3.63, 3.8) is 0 Å². The molecule has 2 unspecified atom stereocenters. The van der Waals surface area contributed by atoms with E-state index in [0.717, 1.165) is 24.9 Å². The van der Waals surface area contributed by atoms with Gasteiger partial charge in [0.25, 0.3) is 0 Å². The van der Waals surface area contributed by atoms with Crippen LogP contribution in [-0.2, 0) is 9.47 Å². The maximum atomic E-state index is 6.36. The lowest BCUT2D eigenvalue weighted by Gasteiger charge is -2.39. The molecule has 2 saturated carbocycles. The smallest absolute Gasteiger partial charge is 0.0704 e. The van der Waals surface area contributed by atoms with Gasteiger partial charge in [-0.05, 0) is 50.5 Å². The fourth-order valence-electron chi connectivity index (χ4n) is 4.43. The molecule has 0 aromatic rings. The van der Waals surface area contributed by atoms with E-state index in [2.05, 4.69) is 6.92 Å². The first-order valence-corrected chi connectivity index (χ1v) is 10.1. The van der Waals surface area contributed by atoms with E-state index in [0.29, 0.717) is 31.8 Å². The predicted molar refractivity (Wildman–Crippen MR) is 96.2 cm³/mol. The minimum absolute atomic E-state index is 0.344. The first-order valence-electron chi connectivity index (χ1n) is 10.1. The Morgan fingerprint density at radius 3 is 2.04 bits per heavy atom. The Morgan fingerprint density at radius 2 is 1.43 bits per heavy atom. The summed E-state index contributed by atoms with van der Waals surface area (Å²) in [6, 6.07) is 0. The third kappa shape index (κ3) is 6.72. The summed E-state index contributed by atoms with van der Waals surface area (Å²) in [6.45, 7) is 7.45. The molecule has 2 aliphatic carbocycles. The van der Waals surface area contributed by atoms with Crippen LogP contribution in [0.4, 0.5) is 0 Å². The van der Waals surface area contributed by atoms with Crippen LogP contribution >= 0.6 is 0 Å². The Morgan fingerprint density at radius 1 is 0.826 bits per heavy atom. The number of nitrogens with two attached hydrogens (primary N) is 1. The van der Waals surface area contributed by atoms with Gasteiger partial charge in [0.1, 0.15) is 0 Å². The molecule has 3 nitrogen and oxygen atoms in total. The van der Waals surface area contributed by atoms with Crippen LogP contribution in [0.3, 0.4) is 0 Å². The molecule has 2 aliphatic rings. The summed E-state index contributed by atoms with van der Waals surface area (Å²) < 4.78 is 12.0. The fraction of sp³-hybridized carbons (Fsp3) is 0.950. The maximum absolute atomic E-state index is 6.36. The van der Waals surface area contributed by atoms with Crippen molar-refractivity contribution >= 4 is 0 Å². The van der Waals surface area contributed by atoms with Gasteiger partial charge >= 0.3 is 0 Å². The average molecular weight is 325 g/mol. The molecule has 0 heterocycles. The normalized spacial score (nSPS) is 23.7. The highest BCUT2D eigenvalue weighted by Crippen LogP contribution is 2.38. The third-order valence-corrected chi connectivity index (χ3v) is 5.82. The van der Waals surface area contributed by atoms with Crippen LogP contribution in [0, 0.1) is 24.7 Å². The number of hydrogen-bond donors (Lipinski definition) is 1. The Hall–Kier alpha value is -0.120. The molecular weight excluding hydrogens is 286 g/mol. The predicted octanol–water partition coefficient (Wildman–Crippen LogP) is 4.35. The molecule has 23 heavy (non-hydrogen) atoms. The minimum atomic E-state index is 0.344. The fourth-order valence-corrected chi connectivity index (χ4v) is 4.43. The van der Waals surface area contributed by atoms with Gasteiger partial charge in [-0.1, -0.05) is 51.4 Å². The van der Waals surface area contributed by atoms with Crippen molar-refractivity contribution in [1.29, 1.82) is 0 Å². The van der Waals surface area contributed by atoms with Crippen molar-refractivity contribution in [2.45, 2.75) is 76.7 Å². The van der Waals surface area contributed by atoms with E-state index in [4.69, 9.17) is 15.2 Å². The molecule has 1 radical (unpaired) electrons. The largest absolute Gasteiger partial charge is 0.379 e. The van der Waals surface area contributed by atoms with Gasteiger partial charge in [0.2, 0.25) is 0 Å². The molecule has 0 saturated heterocycles. The molecular formula is C20H38NO2. The van der Waals surface area contributed by atoms with E-state index in [-0.39, 0.29) is 0 Å². The lowest BCUT2D eigenvalue weighted by molar-refractivity contribution is -0.0633. The molecule has 3 heteroatoms.